The summed E-state index contributed by atoms with van der Waals surface area (Å²) < 4.78 is 0. The van der Waals surface area contributed by atoms with E-state index in [2.05, 4.69) is 27.6 Å². The number of carbonyl (C=O) groups is 1. The van der Waals surface area contributed by atoms with E-state index in [1.165, 1.54) is 0 Å². The molecule has 1 amide bonds. The molecule has 0 bridgehead atoms. The van der Waals surface area contributed by atoms with Gasteiger partial charge in [0.05, 0.1) is 0 Å². The first kappa shape index (κ1) is 12.3. The zero-order chi connectivity index (χ0) is 10.4. The van der Waals surface area contributed by atoms with Gasteiger partial charge in [-0.15, -0.1) is 0 Å². The lowest BCUT2D eigenvalue weighted by Crippen LogP contribution is -2.13. The van der Waals surface area contributed by atoms with E-state index < -0.39 is 5.91 Å². The number of primary amides is 1. The smallest absolute Gasteiger partial charge is 0.267 e. The minimum atomic E-state index is -0.479. The summed E-state index contributed by atoms with van der Waals surface area (Å²) in [6.07, 6.45) is 0. The van der Waals surface area contributed by atoms with Gasteiger partial charge in [0.15, 0.2) is 0 Å². The van der Waals surface area contributed by atoms with Crippen LogP contribution in [0.25, 0.3) is 0 Å². The molecule has 0 spiro atoms. The van der Waals surface area contributed by atoms with Gasteiger partial charge in [-0.3, -0.25) is 4.79 Å². The Morgan fingerprint density at radius 2 is 1.92 bits per heavy atom. The Balaban J connectivity index is 0.000000671. The van der Waals surface area contributed by atoms with Crippen molar-refractivity contribution in [1.82, 2.24) is 4.98 Å². The molecular formula is C9H13IN2O. The minimum Gasteiger partial charge on any atom is -0.364 e. The van der Waals surface area contributed by atoms with Gasteiger partial charge in [-0.2, -0.15) is 0 Å². The molecule has 1 aromatic rings. The monoisotopic (exact) mass is 292 g/mol. The third-order valence-electron chi connectivity index (χ3n) is 1.60. The maximum atomic E-state index is 10.6. The van der Waals surface area contributed by atoms with Crippen LogP contribution in [0.15, 0.2) is 12.1 Å². The average molecular weight is 292 g/mol. The van der Waals surface area contributed by atoms with Gasteiger partial charge in [-0.1, -0.05) is 28.7 Å². The topological polar surface area (TPSA) is 56.0 Å². The molecule has 3 nitrogen and oxygen atoms in total. The number of halogens is 1. The maximum absolute atomic E-state index is 10.6. The van der Waals surface area contributed by atoms with Crippen molar-refractivity contribution in [2.45, 2.75) is 13.8 Å². The van der Waals surface area contributed by atoms with Crippen LogP contribution in [0.1, 0.15) is 21.7 Å². The number of hydrogen-bond donors (Lipinski definition) is 1. The zero-order valence-electron chi connectivity index (χ0n) is 7.97. The molecule has 72 valence electrons. The molecule has 0 fully saturated rings. The third kappa shape index (κ3) is 3.71. The maximum Gasteiger partial charge on any atom is 0.267 e. The summed E-state index contributed by atoms with van der Waals surface area (Å²) >= 11 is 2.15. The van der Waals surface area contributed by atoms with Gasteiger partial charge in [0.2, 0.25) is 0 Å². The molecular weight excluding hydrogens is 279 g/mol. The Morgan fingerprint density at radius 3 is 2.31 bits per heavy atom. The Morgan fingerprint density at radius 1 is 1.38 bits per heavy atom. The van der Waals surface area contributed by atoms with E-state index in [4.69, 9.17) is 5.73 Å². The quantitative estimate of drug-likeness (QED) is 0.634. The van der Waals surface area contributed by atoms with E-state index in [1.54, 1.807) is 6.07 Å². The normalized spacial score (nSPS) is 8.62. The van der Waals surface area contributed by atoms with Crippen LogP contribution in [0.5, 0.6) is 0 Å². The van der Waals surface area contributed by atoms with Crippen LogP contribution in [0.3, 0.4) is 0 Å². The summed E-state index contributed by atoms with van der Waals surface area (Å²) in [6.45, 7) is 3.79. The molecule has 0 aromatic carbocycles. The largest absolute Gasteiger partial charge is 0.364 e. The van der Waals surface area contributed by atoms with Gasteiger partial charge in [0.1, 0.15) is 5.69 Å². The van der Waals surface area contributed by atoms with Gasteiger partial charge in [0.25, 0.3) is 5.91 Å². The Bertz CT molecular complexity index is 300. The Kier molecular flexibility index (Phi) is 5.61. The molecule has 0 aliphatic rings. The summed E-state index contributed by atoms with van der Waals surface area (Å²) in [4.78, 5) is 16.6. The number of aryl methyl sites for hydroxylation is 2. The number of rotatable bonds is 1. The summed E-state index contributed by atoms with van der Waals surface area (Å²) in [6, 6.07) is 3.47. The molecule has 0 unspecified atom stereocenters. The highest BCUT2D eigenvalue weighted by Gasteiger charge is 2.01. The van der Waals surface area contributed by atoms with Crippen LogP contribution in [0.2, 0.25) is 0 Å². The van der Waals surface area contributed by atoms with Crippen molar-refractivity contribution in [1.29, 1.82) is 0 Å². The number of nitrogens with two attached hydrogens (primary N) is 1. The van der Waals surface area contributed by atoms with E-state index in [0.717, 1.165) is 11.3 Å². The second-order valence-corrected chi connectivity index (χ2v) is 2.46. The lowest BCUT2D eigenvalue weighted by Gasteiger charge is -1.99. The molecule has 0 saturated heterocycles. The van der Waals surface area contributed by atoms with E-state index in [9.17, 15) is 4.79 Å². The highest BCUT2D eigenvalue weighted by molar-refractivity contribution is 14.1. The summed E-state index contributed by atoms with van der Waals surface area (Å²) in [7, 11) is 0. The molecule has 0 radical (unpaired) electrons. The predicted octanol–water partition coefficient (Wildman–Crippen LogP) is 1.85. The standard InChI is InChI=1S/C8H10N2O.CH3I/c1-5-3-4-7(8(9)11)10-6(5)2;1-2/h3-4H,1-2H3,(H2,9,11);1H3. The number of alkyl halides is 1. The lowest BCUT2D eigenvalue weighted by atomic mass is 10.2. The first-order chi connectivity index (χ1) is 6.11. The van der Waals surface area contributed by atoms with Crippen molar-refractivity contribution in [2.24, 2.45) is 5.73 Å². The third-order valence-corrected chi connectivity index (χ3v) is 1.60. The van der Waals surface area contributed by atoms with Crippen LogP contribution in [0, 0.1) is 13.8 Å². The highest BCUT2D eigenvalue weighted by atomic mass is 127. The van der Waals surface area contributed by atoms with Crippen LogP contribution < -0.4 is 5.73 Å². The number of aromatic nitrogens is 1. The summed E-state index contributed by atoms with van der Waals surface area (Å²) in [5.74, 6) is -0.479. The molecule has 0 aliphatic carbocycles. The first-order valence-corrected chi connectivity index (χ1v) is 5.89. The molecule has 0 aliphatic heterocycles. The molecule has 0 atom stereocenters. The summed E-state index contributed by atoms with van der Waals surface area (Å²) in [5.41, 5.74) is 7.27. The van der Waals surface area contributed by atoms with Crippen molar-refractivity contribution in [3.8, 4) is 0 Å². The second kappa shape index (κ2) is 5.90. The number of hydrogen-bond acceptors (Lipinski definition) is 2. The fourth-order valence-electron chi connectivity index (χ4n) is 0.768. The molecule has 1 rings (SSSR count). The molecule has 1 heterocycles. The van der Waals surface area contributed by atoms with Gasteiger partial charge < -0.3 is 5.73 Å². The van der Waals surface area contributed by atoms with Crippen molar-refractivity contribution in [3.05, 3.63) is 29.1 Å². The van der Waals surface area contributed by atoms with Crippen molar-refractivity contribution in [3.63, 3.8) is 0 Å². The molecule has 1 aromatic heterocycles. The van der Waals surface area contributed by atoms with Gasteiger partial charge in [-0.25, -0.2) is 4.98 Å². The number of nitrogens with zero attached hydrogens (tertiary/aromatic N) is 1. The zero-order valence-corrected chi connectivity index (χ0v) is 10.1. The van der Waals surface area contributed by atoms with E-state index >= 15 is 0 Å². The van der Waals surface area contributed by atoms with Gasteiger partial charge in [-0.05, 0) is 30.4 Å². The Labute approximate surface area is 91.9 Å². The second-order valence-electron chi connectivity index (χ2n) is 2.46. The fraction of sp³-hybridized carbons (Fsp3) is 0.333. The van der Waals surface area contributed by atoms with E-state index in [1.807, 2.05) is 24.8 Å². The van der Waals surface area contributed by atoms with Crippen LogP contribution in [-0.2, 0) is 0 Å². The first-order valence-electron chi connectivity index (χ1n) is 3.73. The van der Waals surface area contributed by atoms with Crippen molar-refractivity contribution >= 4 is 28.5 Å². The Hall–Kier alpha value is -0.650. The van der Waals surface area contributed by atoms with Crippen molar-refractivity contribution in [2.75, 3.05) is 4.93 Å². The number of amides is 1. The number of pyridine rings is 1. The van der Waals surface area contributed by atoms with Gasteiger partial charge >= 0.3 is 0 Å². The molecule has 0 saturated carbocycles. The minimum absolute atomic E-state index is 0.327. The van der Waals surface area contributed by atoms with E-state index in [0.29, 0.717) is 5.69 Å². The SMILES string of the molecule is CI.Cc1ccc(C(N)=O)nc1C. The van der Waals surface area contributed by atoms with E-state index in [-0.39, 0.29) is 0 Å². The molecule has 13 heavy (non-hydrogen) atoms. The van der Waals surface area contributed by atoms with Crippen LogP contribution in [0.4, 0.5) is 0 Å². The van der Waals surface area contributed by atoms with Crippen LogP contribution in [-0.4, -0.2) is 15.8 Å². The average Bonchev–Trinajstić information content (AvgIpc) is 2.13. The van der Waals surface area contributed by atoms with Crippen LogP contribution >= 0.6 is 22.6 Å². The van der Waals surface area contributed by atoms with Gasteiger partial charge in [0, 0.05) is 5.69 Å². The number of carbonyl (C=O) groups excluding carboxylic acids is 1. The molecule has 4 heteroatoms. The van der Waals surface area contributed by atoms with Crippen molar-refractivity contribution < 1.29 is 4.79 Å². The summed E-state index contributed by atoms with van der Waals surface area (Å²) in [5, 5.41) is 0. The predicted molar refractivity (Wildman–Crippen MR) is 62.2 cm³/mol. The fourth-order valence-corrected chi connectivity index (χ4v) is 0.768. The molecule has 2 N–H and O–H groups in total. The lowest BCUT2D eigenvalue weighted by molar-refractivity contribution is 0.0995. The highest BCUT2D eigenvalue weighted by Crippen LogP contribution is 2.03.